The molecule has 0 aliphatic heterocycles. The Morgan fingerprint density at radius 1 is 1.06 bits per heavy atom. The van der Waals surface area contributed by atoms with Crippen molar-refractivity contribution in [1.82, 2.24) is 10.2 Å². The Morgan fingerprint density at radius 2 is 1.71 bits per heavy atom. The molecule has 2 atom stereocenters. The van der Waals surface area contributed by atoms with Gasteiger partial charge in [0.05, 0.1) is 0 Å². The Balaban J connectivity index is 2.28. The van der Waals surface area contributed by atoms with E-state index in [4.69, 9.17) is 27.9 Å². The van der Waals surface area contributed by atoms with Crippen molar-refractivity contribution in [3.63, 3.8) is 0 Å². The Kier molecular flexibility index (Phi) is 9.66. The van der Waals surface area contributed by atoms with Gasteiger partial charge in [0.15, 0.2) is 6.61 Å². The second-order valence-corrected chi connectivity index (χ2v) is 8.38. The molecule has 0 radical (unpaired) electrons. The zero-order valence-electron chi connectivity index (χ0n) is 18.5. The quantitative estimate of drug-likeness (QED) is 0.511. The fraction of sp³-hybridized carbons (Fsp3) is 0.417. The largest absolute Gasteiger partial charge is 0.484 e. The minimum atomic E-state index is -0.671. The van der Waals surface area contributed by atoms with Crippen molar-refractivity contribution < 1.29 is 14.3 Å². The maximum atomic E-state index is 13.2. The van der Waals surface area contributed by atoms with Crippen LogP contribution in [-0.2, 0) is 16.1 Å². The zero-order valence-corrected chi connectivity index (χ0v) is 20.0. The lowest BCUT2D eigenvalue weighted by Crippen LogP contribution is -2.51. The summed E-state index contributed by atoms with van der Waals surface area (Å²) in [6.07, 6.45) is 1.24. The molecule has 0 fully saturated rings. The molecule has 2 amide bonds. The Morgan fingerprint density at radius 3 is 2.29 bits per heavy atom. The molecule has 0 saturated carbocycles. The first kappa shape index (κ1) is 25.0. The molecule has 0 saturated heterocycles. The van der Waals surface area contributed by atoms with Gasteiger partial charge in [-0.2, -0.15) is 0 Å². The normalized spacial score (nSPS) is 12.7. The van der Waals surface area contributed by atoms with E-state index in [1.807, 2.05) is 45.9 Å². The number of hydrogen-bond acceptors (Lipinski definition) is 3. The predicted octanol–water partition coefficient (Wildman–Crippen LogP) is 5.40. The van der Waals surface area contributed by atoms with Gasteiger partial charge in [0.2, 0.25) is 5.91 Å². The summed E-state index contributed by atoms with van der Waals surface area (Å²) < 4.78 is 5.72. The number of halogens is 2. The van der Waals surface area contributed by atoms with Gasteiger partial charge in [-0.3, -0.25) is 9.59 Å². The van der Waals surface area contributed by atoms with Crippen molar-refractivity contribution in [2.45, 2.75) is 59.2 Å². The summed E-state index contributed by atoms with van der Waals surface area (Å²) in [5, 5.41) is 3.87. The number of nitrogens with one attached hydrogen (secondary N) is 1. The van der Waals surface area contributed by atoms with E-state index < -0.39 is 6.04 Å². The smallest absolute Gasteiger partial charge is 0.261 e. The van der Waals surface area contributed by atoms with Crippen LogP contribution in [0.5, 0.6) is 5.75 Å². The van der Waals surface area contributed by atoms with Gasteiger partial charge < -0.3 is 15.0 Å². The third-order valence-electron chi connectivity index (χ3n) is 5.13. The molecular formula is C24H30Cl2N2O3. The summed E-state index contributed by atoms with van der Waals surface area (Å²) in [6.45, 7) is 7.67. The van der Waals surface area contributed by atoms with E-state index in [9.17, 15) is 9.59 Å². The molecule has 0 heterocycles. The van der Waals surface area contributed by atoms with Crippen molar-refractivity contribution >= 4 is 35.0 Å². The Bertz CT molecular complexity index is 884. The minimum Gasteiger partial charge on any atom is -0.484 e. The fourth-order valence-corrected chi connectivity index (χ4v) is 3.66. The topological polar surface area (TPSA) is 58.6 Å². The van der Waals surface area contributed by atoms with Crippen LogP contribution in [0.4, 0.5) is 0 Å². The van der Waals surface area contributed by atoms with Crippen molar-refractivity contribution in [3.05, 3.63) is 63.6 Å². The molecule has 0 spiro atoms. The maximum Gasteiger partial charge on any atom is 0.261 e. The van der Waals surface area contributed by atoms with Crippen LogP contribution in [0, 0.1) is 6.92 Å². The number of hydrogen-bond donors (Lipinski definition) is 1. The molecule has 0 bridgehead atoms. The number of ether oxygens (including phenoxy) is 1. The van der Waals surface area contributed by atoms with Crippen LogP contribution in [0.25, 0.3) is 0 Å². The van der Waals surface area contributed by atoms with E-state index >= 15 is 0 Å². The van der Waals surface area contributed by atoms with Gasteiger partial charge >= 0.3 is 0 Å². The highest BCUT2D eigenvalue weighted by Gasteiger charge is 2.30. The summed E-state index contributed by atoms with van der Waals surface area (Å²) in [5.41, 5.74) is 1.63. The average Bonchev–Trinajstić information content (AvgIpc) is 2.73. The highest BCUT2D eigenvalue weighted by Crippen LogP contribution is 2.27. The molecule has 0 aromatic heterocycles. The first-order valence-corrected chi connectivity index (χ1v) is 11.2. The predicted molar refractivity (Wildman–Crippen MR) is 126 cm³/mol. The molecule has 0 aliphatic rings. The molecule has 7 heteroatoms. The lowest BCUT2D eigenvalue weighted by Gasteiger charge is -2.31. The summed E-state index contributed by atoms with van der Waals surface area (Å²) in [5.74, 6) is 0.0776. The van der Waals surface area contributed by atoms with E-state index in [1.54, 1.807) is 24.3 Å². The van der Waals surface area contributed by atoms with Gasteiger partial charge in [0.25, 0.3) is 5.91 Å². The van der Waals surface area contributed by atoms with Crippen LogP contribution in [0.2, 0.25) is 10.0 Å². The number of carbonyl (C=O) groups excluding carboxylic acids is 2. The SMILES string of the molecule is CCC(C)NC(=O)C(CC)N(Cc1c(Cl)cccc1Cl)C(=O)COc1cccc(C)c1. The van der Waals surface area contributed by atoms with Gasteiger partial charge in [0, 0.05) is 28.2 Å². The van der Waals surface area contributed by atoms with Gasteiger partial charge in [-0.25, -0.2) is 0 Å². The number of rotatable bonds is 10. The molecule has 1 N–H and O–H groups in total. The summed E-state index contributed by atoms with van der Waals surface area (Å²) >= 11 is 12.7. The highest BCUT2D eigenvalue weighted by molar-refractivity contribution is 6.36. The summed E-state index contributed by atoms with van der Waals surface area (Å²) in [7, 11) is 0. The standard InChI is InChI=1S/C24H30Cl2N2O3/c1-5-17(4)27-24(30)22(6-2)28(14-19-20(25)11-8-12-21(19)26)23(29)15-31-18-10-7-9-16(3)13-18/h7-13,17,22H,5-6,14-15H2,1-4H3,(H,27,30). The molecule has 0 aliphatic carbocycles. The molecule has 5 nitrogen and oxygen atoms in total. The van der Waals surface area contributed by atoms with Gasteiger partial charge in [-0.05, 0) is 56.5 Å². The van der Waals surface area contributed by atoms with Crippen molar-refractivity contribution in [3.8, 4) is 5.75 Å². The first-order chi connectivity index (χ1) is 14.8. The third kappa shape index (κ3) is 7.15. The van der Waals surface area contributed by atoms with Gasteiger partial charge in [0.1, 0.15) is 11.8 Å². The van der Waals surface area contributed by atoms with Crippen LogP contribution in [-0.4, -0.2) is 35.4 Å². The number of nitrogens with zero attached hydrogens (tertiary/aromatic N) is 1. The molecule has 2 unspecified atom stereocenters. The Hall–Kier alpha value is -2.24. The van der Waals surface area contributed by atoms with E-state index in [0.717, 1.165) is 12.0 Å². The molecule has 168 valence electrons. The number of benzene rings is 2. The van der Waals surface area contributed by atoms with Crippen molar-refractivity contribution in [2.75, 3.05) is 6.61 Å². The monoisotopic (exact) mass is 464 g/mol. The van der Waals surface area contributed by atoms with Crippen LogP contribution in [0.3, 0.4) is 0 Å². The molecule has 2 aromatic rings. The summed E-state index contributed by atoms with van der Waals surface area (Å²) in [6, 6.07) is 12.0. The minimum absolute atomic E-state index is 0.00551. The lowest BCUT2D eigenvalue weighted by molar-refractivity contribution is -0.143. The van der Waals surface area contributed by atoms with Crippen LogP contribution < -0.4 is 10.1 Å². The van der Waals surface area contributed by atoms with E-state index in [-0.39, 0.29) is 31.0 Å². The second-order valence-electron chi connectivity index (χ2n) is 7.57. The van der Waals surface area contributed by atoms with E-state index in [0.29, 0.717) is 27.8 Å². The molecule has 2 rings (SSSR count). The maximum absolute atomic E-state index is 13.2. The third-order valence-corrected chi connectivity index (χ3v) is 5.84. The van der Waals surface area contributed by atoms with E-state index in [2.05, 4.69) is 5.32 Å². The molecule has 2 aromatic carbocycles. The Labute approximate surface area is 194 Å². The molecular weight excluding hydrogens is 435 g/mol. The number of carbonyl (C=O) groups is 2. The number of amides is 2. The van der Waals surface area contributed by atoms with E-state index in [1.165, 1.54) is 4.90 Å². The average molecular weight is 465 g/mol. The molecule has 31 heavy (non-hydrogen) atoms. The van der Waals surface area contributed by atoms with Crippen LogP contribution >= 0.6 is 23.2 Å². The van der Waals surface area contributed by atoms with Crippen LogP contribution in [0.1, 0.15) is 44.7 Å². The summed E-state index contributed by atoms with van der Waals surface area (Å²) in [4.78, 5) is 27.7. The zero-order chi connectivity index (χ0) is 23.0. The van der Waals surface area contributed by atoms with Crippen molar-refractivity contribution in [2.24, 2.45) is 0 Å². The van der Waals surface area contributed by atoms with Gasteiger partial charge in [-0.15, -0.1) is 0 Å². The second kappa shape index (κ2) is 12.0. The highest BCUT2D eigenvalue weighted by atomic mass is 35.5. The lowest BCUT2D eigenvalue weighted by atomic mass is 10.1. The fourth-order valence-electron chi connectivity index (χ4n) is 3.15. The van der Waals surface area contributed by atoms with Crippen LogP contribution in [0.15, 0.2) is 42.5 Å². The van der Waals surface area contributed by atoms with Gasteiger partial charge in [-0.1, -0.05) is 55.2 Å². The first-order valence-electron chi connectivity index (χ1n) is 10.5. The van der Waals surface area contributed by atoms with Crippen molar-refractivity contribution in [1.29, 1.82) is 0 Å². The number of aryl methyl sites for hydroxylation is 1.